The SMILES string of the molecule is CNC(O)N1C(=O)N(c2cncc(Br)c2)C2=C(C(=O)CC2)C1c1ccc(C#N)cc1SC. The molecular formula is C22H20BrN5O3S. The highest BCUT2D eigenvalue weighted by Gasteiger charge is 2.48. The molecule has 4 rings (SSSR count). The summed E-state index contributed by atoms with van der Waals surface area (Å²) in [5, 5.41) is 22.8. The highest BCUT2D eigenvalue weighted by Crippen LogP contribution is 2.47. The van der Waals surface area contributed by atoms with Crippen LogP contribution in [0.1, 0.15) is 30.0 Å². The van der Waals surface area contributed by atoms with Crippen molar-refractivity contribution in [3.8, 4) is 6.07 Å². The van der Waals surface area contributed by atoms with Crippen LogP contribution < -0.4 is 10.2 Å². The van der Waals surface area contributed by atoms with Gasteiger partial charge in [-0.25, -0.2) is 4.79 Å². The van der Waals surface area contributed by atoms with Gasteiger partial charge in [0.2, 0.25) is 0 Å². The lowest BCUT2D eigenvalue weighted by atomic mass is 9.92. The Kier molecular flexibility index (Phi) is 6.35. The van der Waals surface area contributed by atoms with Crippen LogP contribution in [0.2, 0.25) is 0 Å². The molecule has 1 aliphatic carbocycles. The third-order valence-corrected chi connectivity index (χ3v) is 6.79. The molecule has 1 aromatic heterocycles. The molecule has 10 heteroatoms. The Balaban J connectivity index is 1.98. The van der Waals surface area contributed by atoms with Crippen molar-refractivity contribution in [1.29, 1.82) is 5.26 Å². The average Bonchev–Trinajstić information content (AvgIpc) is 3.18. The number of Topliss-reactive ketones (excluding diaryl/α,β-unsaturated/α-hetero) is 1. The number of hydrogen-bond donors (Lipinski definition) is 2. The van der Waals surface area contributed by atoms with Crippen molar-refractivity contribution in [2.75, 3.05) is 18.2 Å². The van der Waals surface area contributed by atoms with Gasteiger partial charge >= 0.3 is 6.03 Å². The van der Waals surface area contributed by atoms with E-state index in [1.165, 1.54) is 28.6 Å². The lowest BCUT2D eigenvalue weighted by molar-refractivity contribution is -0.115. The van der Waals surface area contributed by atoms with E-state index in [0.29, 0.717) is 39.0 Å². The van der Waals surface area contributed by atoms with E-state index in [2.05, 4.69) is 32.3 Å². The van der Waals surface area contributed by atoms with Gasteiger partial charge in [-0.15, -0.1) is 11.8 Å². The number of nitrogens with one attached hydrogen (secondary N) is 1. The number of anilines is 1. The van der Waals surface area contributed by atoms with E-state index in [0.717, 1.165) is 4.90 Å². The molecule has 2 atom stereocenters. The number of rotatable bonds is 5. The molecule has 2 N–H and O–H groups in total. The molecule has 0 bridgehead atoms. The normalized spacial score (nSPS) is 19.3. The highest BCUT2D eigenvalue weighted by atomic mass is 79.9. The van der Waals surface area contributed by atoms with Gasteiger partial charge in [0.1, 0.15) is 0 Å². The molecule has 2 amide bonds. The number of hydrogen-bond acceptors (Lipinski definition) is 7. The molecule has 1 aromatic carbocycles. The van der Waals surface area contributed by atoms with E-state index in [-0.39, 0.29) is 12.2 Å². The van der Waals surface area contributed by atoms with Gasteiger partial charge < -0.3 is 5.11 Å². The number of allylic oxidation sites excluding steroid dienone is 1. The molecular weight excluding hydrogens is 494 g/mol. The van der Waals surface area contributed by atoms with Gasteiger partial charge in [0.05, 0.1) is 29.6 Å². The van der Waals surface area contributed by atoms with Gasteiger partial charge in [0, 0.05) is 33.3 Å². The maximum atomic E-state index is 13.8. The number of carbonyl (C=O) groups excluding carboxylic acids is 2. The second-order valence-electron chi connectivity index (χ2n) is 7.30. The number of urea groups is 1. The van der Waals surface area contributed by atoms with Crippen molar-refractivity contribution >= 4 is 45.2 Å². The zero-order valence-electron chi connectivity index (χ0n) is 17.4. The molecule has 0 saturated carbocycles. The van der Waals surface area contributed by atoms with Crippen LogP contribution in [0.5, 0.6) is 0 Å². The maximum Gasteiger partial charge on any atom is 0.332 e. The summed E-state index contributed by atoms with van der Waals surface area (Å²) in [6, 6.07) is 7.76. The Labute approximate surface area is 198 Å². The summed E-state index contributed by atoms with van der Waals surface area (Å²) in [5.74, 6) is -0.0739. The first kappa shape index (κ1) is 22.5. The molecule has 2 aliphatic rings. The van der Waals surface area contributed by atoms with Crippen molar-refractivity contribution in [3.05, 3.63) is 63.5 Å². The lowest BCUT2D eigenvalue weighted by Crippen LogP contribution is -2.57. The average molecular weight is 514 g/mol. The molecule has 0 spiro atoms. The molecule has 2 unspecified atom stereocenters. The molecule has 0 fully saturated rings. The standard InChI is InChI=1S/C22H20BrN5O3S/c1-25-21(30)28-20(15-4-3-12(9-24)7-18(15)32-2)19-16(5-6-17(19)29)27(22(28)31)14-8-13(23)10-26-11-14/h3-4,7-8,10-11,20-21,25,30H,5-6H2,1-2H3. The Hall–Kier alpha value is -2.71. The van der Waals surface area contributed by atoms with E-state index in [1.54, 1.807) is 36.7 Å². The van der Waals surface area contributed by atoms with E-state index in [4.69, 9.17) is 0 Å². The predicted octanol–water partition coefficient (Wildman–Crippen LogP) is 3.53. The number of pyridine rings is 1. The first-order valence-corrected chi connectivity index (χ1v) is 11.9. The van der Waals surface area contributed by atoms with Crippen molar-refractivity contribution < 1.29 is 14.7 Å². The van der Waals surface area contributed by atoms with Crippen LogP contribution in [0.15, 0.2) is 57.3 Å². The summed E-state index contributed by atoms with van der Waals surface area (Å²) in [5.41, 5.74) is 2.76. The van der Waals surface area contributed by atoms with Crippen LogP contribution in [0.25, 0.3) is 0 Å². The number of thioether (sulfide) groups is 1. The van der Waals surface area contributed by atoms with Crippen LogP contribution >= 0.6 is 27.7 Å². The number of halogens is 1. The number of carbonyl (C=O) groups is 2. The van der Waals surface area contributed by atoms with Gasteiger partial charge in [-0.05, 0) is 59.4 Å². The highest BCUT2D eigenvalue weighted by molar-refractivity contribution is 9.10. The van der Waals surface area contributed by atoms with Gasteiger partial charge in [0.15, 0.2) is 12.1 Å². The third-order valence-electron chi connectivity index (χ3n) is 5.56. The number of aliphatic hydroxyl groups is 1. The van der Waals surface area contributed by atoms with Crippen LogP contribution in [-0.2, 0) is 4.79 Å². The number of ketones is 1. The quantitative estimate of drug-likeness (QED) is 0.464. The molecule has 32 heavy (non-hydrogen) atoms. The second-order valence-corrected chi connectivity index (χ2v) is 9.07. The lowest BCUT2D eigenvalue weighted by Gasteiger charge is -2.44. The number of aliphatic hydroxyl groups excluding tert-OH is 1. The van der Waals surface area contributed by atoms with Gasteiger partial charge in [-0.2, -0.15) is 5.26 Å². The molecule has 164 valence electrons. The first-order chi connectivity index (χ1) is 15.4. The summed E-state index contributed by atoms with van der Waals surface area (Å²) in [6.45, 7) is 0. The summed E-state index contributed by atoms with van der Waals surface area (Å²) < 4.78 is 0.689. The van der Waals surface area contributed by atoms with E-state index in [1.807, 2.05) is 6.26 Å². The zero-order chi connectivity index (χ0) is 23.0. The predicted molar refractivity (Wildman–Crippen MR) is 124 cm³/mol. The largest absolute Gasteiger partial charge is 0.361 e. The van der Waals surface area contributed by atoms with Gasteiger partial charge in [0.25, 0.3) is 0 Å². The molecule has 1 aliphatic heterocycles. The van der Waals surface area contributed by atoms with Crippen molar-refractivity contribution in [2.45, 2.75) is 30.1 Å². The Morgan fingerprint density at radius 3 is 2.75 bits per heavy atom. The minimum atomic E-state index is -1.34. The number of nitrogens with zero attached hydrogens (tertiary/aromatic N) is 4. The van der Waals surface area contributed by atoms with Crippen molar-refractivity contribution in [2.24, 2.45) is 0 Å². The minimum Gasteiger partial charge on any atom is -0.361 e. The summed E-state index contributed by atoms with van der Waals surface area (Å²) in [4.78, 5) is 34.6. The topological polar surface area (TPSA) is 110 Å². The Bertz CT molecular complexity index is 1180. The fourth-order valence-electron chi connectivity index (χ4n) is 4.17. The third kappa shape index (κ3) is 3.71. The molecule has 2 heterocycles. The van der Waals surface area contributed by atoms with E-state index in [9.17, 15) is 20.0 Å². The molecule has 0 saturated heterocycles. The number of aromatic nitrogens is 1. The zero-order valence-corrected chi connectivity index (χ0v) is 19.8. The number of benzene rings is 1. The summed E-state index contributed by atoms with van der Waals surface area (Å²) in [7, 11) is 1.54. The Morgan fingerprint density at radius 1 is 1.31 bits per heavy atom. The van der Waals surface area contributed by atoms with Gasteiger partial charge in [-0.1, -0.05) is 6.07 Å². The Morgan fingerprint density at radius 2 is 2.09 bits per heavy atom. The van der Waals surface area contributed by atoms with Crippen LogP contribution in [-0.4, -0.2) is 46.5 Å². The maximum absolute atomic E-state index is 13.8. The number of amides is 2. The number of nitriles is 1. The molecule has 8 nitrogen and oxygen atoms in total. The smallest absolute Gasteiger partial charge is 0.332 e. The second kappa shape index (κ2) is 9.03. The van der Waals surface area contributed by atoms with Gasteiger partial charge in [-0.3, -0.25) is 24.9 Å². The summed E-state index contributed by atoms with van der Waals surface area (Å²) in [6.07, 6.45) is 4.38. The molecule has 2 aromatic rings. The monoisotopic (exact) mass is 513 g/mol. The fraction of sp³-hybridized carbons (Fsp3) is 0.273. The molecule has 0 radical (unpaired) electrons. The fourth-order valence-corrected chi connectivity index (χ4v) is 5.18. The van der Waals surface area contributed by atoms with Crippen LogP contribution in [0.4, 0.5) is 10.5 Å². The summed E-state index contributed by atoms with van der Waals surface area (Å²) >= 11 is 4.80. The van der Waals surface area contributed by atoms with Crippen molar-refractivity contribution in [3.63, 3.8) is 0 Å². The van der Waals surface area contributed by atoms with Crippen LogP contribution in [0, 0.1) is 11.3 Å². The van der Waals surface area contributed by atoms with Crippen molar-refractivity contribution in [1.82, 2.24) is 15.2 Å². The van der Waals surface area contributed by atoms with Crippen LogP contribution in [0.3, 0.4) is 0 Å². The van der Waals surface area contributed by atoms with E-state index >= 15 is 0 Å². The minimum absolute atomic E-state index is 0.0739. The first-order valence-electron chi connectivity index (χ1n) is 9.83. The van der Waals surface area contributed by atoms with E-state index < -0.39 is 18.4 Å².